The van der Waals surface area contributed by atoms with Gasteiger partial charge in [0.25, 0.3) is 0 Å². The lowest BCUT2D eigenvalue weighted by Gasteiger charge is -1.87. The van der Waals surface area contributed by atoms with Crippen molar-refractivity contribution in [2.75, 3.05) is 0 Å². The van der Waals surface area contributed by atoms with Crippen LogP contribution in [0.2, 0.25) is 0 Å². The van der Waals surface area contributed by atoms with Crippen LogP contribution in [0, 0.1) is 2.88 Å². The maximum atomic E-state index is 10.8. The van der Waals surface area contributed by atoms with E-state index < -0.39 is 23.4 Å². The molecule has 0 aliphatic heterocycles. The van der Waals surface area contributed by atoms with Gasteiger partial charge in [0.1, 0.15) is 0 Å². The summed E-state index contributed by atoms with van der Waals surface area (Å²) in [4.78, 5) is 25.2. The number of carboxylic acid groups (broad SMARTS) is 2. The molecule has 8 heteroatoms. The average molecular weight is 365 g/mol. The highest BCUT2D eigenvalue weighted by Crippen LogP contribution is 2.27. The van der Waals surface area contributed by atoms with E-state index in [2.05, 4.69) is 27.6 Å². The summed E-state index contributed by atoms with van der Waals surface area (Å²) in [6, 6.07) is 1.73. The first-order chi connectivity index (χ1) is 7.99. The number of aromatic nitrogens is 1. The largest absolute Gasteiger partial charge is 0.476 e. The van der Waals surface area contributed by atoms with Gasteiger partial charge < -0.3 is 14.6 Å². The molecule has 0 aliphatic carbocycles. The second kappa shape index (κ2) is 4.45. The van der Waals surface area contributed by atoms with E-state index in [1.165, 1.54) is 11.3 Å². The van der Waals surface area contributed by atoms with E-state index in [0.717, 1.165) is 2.88 Å². The highest BCUT2D eigenvalue weighted by molar-refractivity contribution is 14.1. The van der Waals surface area contributed by atoms with Crippen LogP contribution in [0.5, 0.6) is 0 Å². The first-order valence-electron chi connectivity index (χ1n) is 4.21. The fourth-order valence-electron chi connectivity index (χ4n) is 1.16. The topological polar surface area (TPSA) is 101 Å². The molecule has 2 N–H and O–H groups in total. The smallest absolute Gasteiger partial charge is 0.374 e. The van der Waals surface area contributed by atoms with Gasteiger partial charge >= 0.3 is 11.9 Å². The number of hydrogen-bond acceptors (Lipinski definition) is 5. The van der Waals surface area contributed by atoms with Crippen molar-refractivity contribution in [2.45, 2.75) is 0 Å². The standard InChI is InChI=1S/C9H4INO5S/c10-4-1-3(2-17-4)7-11-5(8(12)13)6(16-7)9(14)15/h1-2H,(H,12,13)(H,14,15). The van der Waals surface area contributed by atoms with Crippen molar-refractivity contribution >= 4 is 45.9 Å². The zero-order valence-corrected chi connectivity index (χ0v) is 11.0. The molecule has 2 rings (SSSR count). The third-order valence-corrected chi connectivity index (χ3v) is 3.63. The highest BCUT2D eigenvalue weighted by Gasteiger charge is 2.25. The van der Waals surface area contributed by atoms with Crippen LogP contribution in [-0.4, -0.2) is 27.1 Å². The number of halogens is 1. The van der Waals surface area contributed by atoms with Crippen LogP contribution < -0.4 is 0 Å². The summed E-state index contributed by atoms with van der Waals surface area (Å²) in [7, 11) is 0. The van der Waals surface area contributed by atoms with E-state index in [4.69, 9.17) is 14.6 Å². The molecule has 6 nitrogen and oxygen atoms in total. The first kappa shape index (κ1) is 12.0. The van der Waals surface area contributed by atoms with Gasteiger partial charge in [-0.3, -0.25) is 0 Å². The zero-order chi connectivity index (χ0) is 12.6. The summed E-state index contributed by atoms with van der Waals surface area (Å²) >= 11 is 3.51. The number of aromatic carboxylic acids is 2. The molecule has 0 fully saturated rings. The zero-order valence-electron chi connectivity index (χ0n) is 8.01. The van der Waals surface area contributed by atoms with Crippen LogP contribution in [-0.2, 0) is 0 Å². The van der Waals surface area contributed by atoms with Gasteiger partial charge in [0.05, 0.1) is 2.88 Å². The molecule has 0 bridgehead atoms. The van der Waals surface area contributed by atoms with Crippen LogP contribution in [0.15, 0.2) is 15.9 Å². The van der Waals surface area contributed by atoms with Gasteiger partial charge in [0.2, 0.25) is 17.3 Å². The molecule has 0 aromatic carbocycles. The predicted octanol–water partition coefficient (Wildman–Crippen LogP) is 2.40. The number of oxazole rings is 1. The number of thiophene rings is 1. The fourth-order valence-corrected chi connectivity index (χ4v) is 2.48. The molecule has 0 aliphatic rings. The molecule has 0 unspecified atom stereocenters. The summed E-state index contributed by atoms with van der Waals surface area (Å²) in [5.41, 5.74) is -0.0249. The number of nitrogens with zero attached hydrogens (tertiary/aromatic N) is 1. The molecule has 0 saturated carbocycles. The first-order valence-corrected chi connectivity index (χ1v) is 6.16. The Morgan fingerprint density at radius 3 is 2.47 bits per heavy atom. The molecule has 2 aromatic rings. The lowest BCUT2D eigenvalue weighted by Crippen LogP contribution is -2.05. The minimum atomic E-state index is -1.45. The third kappa shape index (κ3) is 2.31. The van der Waals surface area contributed by atoms with Gasteiger partial charge in [-0.25, -0.2) is 14.6 Å². The second-order valence-corrected chi connectivity index (χ2v) is 5.75. The predicted molar refractivity (Wildman–Crippen MR) is 66.5 cm³/mol. The summed E-state index contributed by atoms with van der Waals surface area (Å²) in [5, 5.41) is 19.3. The maximum absolute atomic E-state index is 10.8. The van der Waals surface area contributed by atoms with Crippen molar-refractivity contribution < 1.29 is 24.2 Å². The van der Waals surface area contributed by atoms with Gasteiger partial charge in [0, 0.05) is 10.9 Å². The van der Waals surface area contributed by atoms with Gasteiger partial charge in [0.15, 0.2) is 0 Å². The van der Waals surface area contributed by atoms with Crippen molar-refractivity contribution in [1.29, 1.82) is 0 Å². The van der Waals surface area contributed by atoms with Crippen molar-refractivity contribution in [3.8, 4) is 11.5 Å². The van der Waals surface area contributed by atoms with Gasteiger partial charge in [-0.1, -0.05) is 0 Å². The summed E-state index contributed by atoms with van der Waals surface area (Å²) in [5.74, 6) is -3.54. The van der Waals surface area contributed by atoms with Crippen molar-refractivity contribution in [3.05, 3.63) is 25.8 Å². The van der Waals surface area contributed by atoms with E-state index in [-0.39, 0.29) is 5.89 Å². The molecule has 0 atom stereocenters. The Morgan fingerprint density at radius 2 is 2.06 bits per heavy atom. The van der Waals surface area contributed by atoms with Crippen molar-refractivity contribution in [2.24, 2.45) is 0 Å². The fraction of sp³-hybridized carbons (Fsp3) is 0. The molecule has 0 saturated heterocycles. The molecule has 17 heavy (non-hydrogen) atoms. The Hall–Kier alpha value is -1.42. The molecule has 2 aromatic heterocycles. The van der Waals surface area contributed by atoms with Crippen LogP contribution in [0.25, 0.3) is 11.5 Å². The lowest BCUT2D eigenvalue weighted by atomic mass is 10.3. The molecule has 0 amide bonds. The van der Waals surface area contributed by atoms with E-state index in [0.29, 0.717) is 5.56 Å². The quantitative estimate of drug-likeness (QED) is 0.811. The van der Waals surface area contributed by atoms with E-state index >= 15 is 0 Å². The SMILES string of the molecule is O=C(O)c1nc(-c2csc(I)c2)oc1C(=O)O. The normalized spacial score (nSPS) is 10.4. The molecule has 0 radical (unpaired) electrons. The second-order valence-electron chi connectivity index (χ2n) is 2.95. The van der Waals surface area contributed by atoms with E-state index in [1.54, 1.807) is 11.4 Å². The number of rotatable bonds is 3. The van der Waals surface area contributed by atoms with Crippen molar-refractivity contribution in [3.63, 3.8) is 0 Å². The number of carbonyl (C=O) groups is 2. The lowest BCUT2D eigenvalue weighted by molar-refractivity contribution is 0.0624. The highest BCUT2D eigenvalue weighted by atomic mass is 127. The number of carboxylic acids is 2. The molecule has 2 heterocycles. The summed E-state index contributed by atoms with van der Waals surface area (Å²) < 4.78 is 5.91. The van der Waals surface area contributed by atoms with Crippen molar-refractivity contribution in [1.82, 2.24) is 4.98 Å². The average Bonchev–Trinajstić information content (AvgIpc) is 2.82. The third-order valence-electron chi connectivity index (χ3n) is 1.84. The maximum Gasteiger partial charge on any atom is 0.374 e. The Kier molecular flexibility index (Phi) is 3.15. The van der Waals surface area contributed by atoms with Crippen LogP contribution >= 0.6 is 33.9 Å². The monoisotopic (exact) mass is 365 g/mol. The minimum Gasteiger partial charge on any atom is -0.476 e. The Bertz CT molecular complexity index is 571. The van der Waals surface area contributed by atoms with Gasteiger partial charge in [-0.2, -0.15) is 0 Å². The minimum absolute atomic E-state index is 0.000957. The molecular weight excluding hydrogens is 361 g/mol. The molecular formula is C9H4INO5S. The Balaban J connectivity index is 2.54. The Morgan fingerprint density at radius 1 is 1.35 bits per heavy atom. The summed E-state index contributed by atoms with van der Waals surface area (Å²) in [6.45, 7) is 0. The molecule has 0 spiro atoms. The van der Waals surface area contributed by atoms with E-state index in [9.17, 15) is 9.59 Å². The van der Waals surface area contributed by atoms with E-state index in [1.807, 2.05) is 0 Å². The molecule has 88 valence electrons. The van der Waals surface area contributed by atoms with Crippen LogP contribution in [0.3, 0.4) is 0 Å². The van der Waals surface area contributed by atoms with Gasteiger partial charge in [-0.05, 0) is 28.7 Å². The van der Waals surface area contributed by atoms with Crippen LogP contribution in [0.4, 0.5) is 0 Å². The summed E-state index contributed by atoms with van der Waals surface area (Å²) in [6.07, 6.45) is 0. The number of hydrogen-bond donors (Lipinski definition) is 2. The Labute approximate surface area is 112 Å². The van der Waals surface area contributed by atoms with Gasteiger partial charge in [-0.15, -0.1) is 11.3 Å². The van der Waals surface area contributed by atoms with Crippen LogP contribution in [0.1, 0.15) is 21.0 Å².